The lowest BCUT2D eigenvalue weighted by molar-refractivity contribution is -0.0446. The first-order valence-electron chi connectivity index (χ1n) is 2.87. The van der Waals surface area contributed by atoms with E-state index in [4.69, 9.17) is 0 Å². The minimum Gasteiger partial charge on any atom is -0.203 e. The number of rotatable bonds is 3. The summed E-state index contributed by atoms with van der Waals surface area (Å²) in [7, 11) is -5.20. The Morgan fingerprint density at radius 3 is 2.17 bits per heavy atom. The summed E-state index contributed by atoms with van der Waals surface area (Å²) in [6, 6.07) is 0. The van der Waals surface area contributed by atoms with Gasteiger partial charge >= 0.3 is 15.5 Å². The predicted octanol–water partition coefficient (Wildman–Crippen LogP) is 1.00. The highest BCUT2D eigenvalue weighted by molar-refractivity contribution is 7.90. The fourth-order valence-corrected chi connectivity index (χ4v) is 0.900. The summed E-state index contributed by atoms with van der Waals surface area (Å²) in [4.78, 5) is 0. The highest BCUT2D eigenvalue weighted by Gasteiger charge is 2.45. The Balaban J connectivity index is 4.37. The molecule has 0 aliphatic rings. The molecular weight excluding hydrogens is 195 g/mol. The van der Waals surface area contributed by atoms with Crippen molar-refractivity contribution in [2.75, 3.05) is 6.54 Å². The maximum atomic E-state index is 11.6. The van der Waals surface area contributed by atoms with Crippen molar-refractivity contribution in [3.8, 4) is 0 Å². The molecule has 12 heavy (non-hydrogen) atoms. The highest BCUT2D eigenvalue weighted by Crippen LogP contribution is 2.21. The molecule has 1 N–H and O–H groups in total. The molecule has 72 valence electrons. The maximum Gasteiger partial charge on any atom is 0.511 e. The van der Waals surface area contributed by atoms with E-state index in [1.165, 1.54) is 11.6 Å². The van der Waals surface area contributed by atoms with Crippen molar-refractivity contribution in [2.24, 2.45) is 0 Å². The molecule has 0 spiro atoms. The number of hydrogen-bond acceptors (Lipinski definition) is 2. The molecule has 0 amide bonds. The Labute approximate surface area is 68.3 Å². The molecule has 0 aliphatic heterocycles. The van der Waals surface area contributed by atoms with Gasteiger partial charge in [0, 0.05) is 6.54 Å². The molecule has 0 atom stereocenters. The zero-order valence-corrected chi connectivity index (χ0v) is 7.09. The Morgan fingerprint density at radius 2 is 1.92 bits per heavy atom. The van der Waals surface area contributed by atoms with Crippen molar-refractivity contribution in [1.29, 1.82) is 0 Å². The van der Waals surface area contributed by atoms with Crippen LogP contribution in [0, 0.1) is 0 Å². The van der Waals surface area contributed by atoms with Gasteiger partial charge in [0.15, 0.2) is 0 Å². The standard InChI is InChI=1S/C5H8F3NO2S/c1-4(2)3-9-12(10,11)5(6,7)8/h9H,1,3H2,2H3. The largest absolute Gasteiger partial charge is 0.511 e. The van der Waals surface area contributed by atoms with E-state index in [0.717, 1.165) is 0 Å². The molecule has 0 aliphatic carbocycles. The second-order valence-electron chi connectivity index (χ2n) is 2.23. The van der Waals surface area contributed by atoms with Crippen LogP contribution in [0.15, 0.2) is 12.2 Å². The number of alkyl halides is 3. The van der Waals surface area contributed by atoms with Crippen LogP contribution in [0.3, 0.4) is 0 Å². The molecule has 0 saturated carbocycles. The van der Waals surface area contributed by atoms with Crippen molar-refractivity contribution in [1.82, 2.24) is 4.72 Å². The molecule has 0 aromatic rings. The second-order valence-corrected chi connectivity index (χ2v) is 3.99. The van der Waals surface area contributed by atoms with E-state index >= 15 is 0 Å². The summed E-state index contributed by atoms with van der Waals surface area (Å²) in [6.07, 6.45) is 0. The maximum absolute atomic E-state index is 11.6. The predicted molar refractivity (Wildman–Crippen MR) is 37.8 cm³/mol. The van der Waals surface area contributed by atoms with E-state index < -0.39 is 22.1 Å². The van der Waals surface area contributed by atoms with Gasteiger partial charge in [0.2, 0.25) is 0 Å². The van der Waals surface area contributed by atoms with Crippen LogP contribution in [0.1, 0.15) is 6.92 Å². The molecule has 0 unspecified atom stereocenters. The third kappa shape index (κ3) is 3.22. The van der Waals surface area contributed by atoms with Crippen LogP contribution in [0.2, 0.25) is 0 Å². The third-order valence-corrected chi connectivity index (χ3v) is 2.00. The summed E-state index contributed by atoms with van der Waals surface area (Å²) in [5, 5.41) is 0. The van der Waals surface area contributed by atoms with Gasteiger partial charge in [-0.25, -0.2) is 13.1 Å². The molecule has 0 heterocycles. The number of sulfonamides is 1. The summed E-state index contributed by atoms with van der Waals surface area (Å²) in [5.41, 5.74) is -4.94. The lowest BCUT2D eigenvalue weighted by Gasteiger charge is -2.08. The molecule has 0 aromatic carbocycles. The van der Waals surface area contributed by atoms with Crippen LogP contribution in [0.25, 0.3) is 0 Å². The topological polar surface area (TPSA) is 46.2 Å². The van der Waals surface area contributed by atoms with Crippen LogP contribution in [0.4, 0.5) is 13.2 Å². The first-order valence-corrected chi connectivity index (χ1v) is 4.35. The smallest absolute Gasteiger partial charge is 0.203 e. The second kappa shape index (κ2) is 3.44. The normalized spacial score (nSPS) is 13.0. The minimum absolute atomic E-state index is 0.308. The monoisotopic (exact) mass is 203 g/mol. The summed E-state index contributed by atoms with van der Waals surface area (Å²) >= 11 is 0. The molecule has 0 bridgehead atoms. The van der Waals surface area contributed by atoms with Crippen LogP contribution in [-0.2, 0) is 10.0 Å². The number of nitrogens with one attached hydrogen (secondary N) is 1. The van der Waals surface area contributed by atoms with E-state index in [1.54, 1.807) is 0 Å². The molecule has 0 fully saturated rings. The van der Waals surface area contributed by atoms with E-state index in [2.05, 4.69) is 6.58 Å². The zero-order chi connectivity index (χ0) is 9.99. The average molecular weight is 203 g/mol. The molecule has 0 saturated heterocycles. The molecule has 0 aromatic heterocycles. The van der Waals surface area contributed by atoms with Crippen LogP contribution in [0.5, 0.6) is 0 Å². The fraction of sp³-hybridized carbons (Fsp3) is 0.600. The van der Waals surface area contributed by atoms with Crippen molar-refractivity contribution in [2.45, 2.75) is 12.4 Å². The van der Waals surface area contributed by atoms with Gasteiger partial charge in [-0.15, -0.1) is 0 Å². The Kier molecular flexibility index (Phi) is 3.28. The fourth-order valence-electron chi connectivity index (χ4n) is 0.300. The van der Waals surface area contributed by atoms with Gasteiger partial charge in [-0.2, -0.15) is 13.2 Å². The van der Waals surface area contributed by atoms with Crippen molar-refractivity contribution >= 4 is 10.0 Å². The van der Waals surface area contributed by atoms with Gasteiger partial charge in [0.05, 0.1) is 0 Å². The van der Waals surface area contributed by atoms with Gasteiger partial charge in [0.1, 0.15) is 0 Å². The van der Waals surface area contributed by atoms with Gasteiger partial charge in [-0.05, 0) is 6.92 Å². The van der Waals surface area contributed by atoms with Gasteiger partial charge in [0.25, 0.3) is 0 Å². The SMILES string of the molecule is C=C(C)CNS(=O)(=O)C(F)(F)F. The first-order chi connectivity index (χ1) is 5.17. The van der Waals surface area contributed by atoms with Crippen LogP contribution < -0.4 is 4.72 Å². The lowest BCUT2D eigenvalue weighted by Crippen LogP contribution is -2.37. The summed E-state index contributed by atoms with van der Waals surface area (Å²) in [6.45, 7) is 4.26. The highest BCUT2D eigenvalue weighted by atomic mass is 32.2. The van der Waals surface area contributed by atoms with Crippen molar-refractivity contribution in [3.05, 3.63) is 12.2 Å². The average Bonchev–Trinajstić information content (AvgIpc) is 1.81. The lowest BCUT2D eigenvalue weighted by atomic mass is 10.4. The van der Waals surface area contributed by atoms with Crippen molar-refractivity contribution in [3.63, 3.8) is 0 Å². The quantitative estimate of drug-likeness (QED) is 0.695. The minimum atomic E-state index is -5.25. The van der Waals surface area contributed by atoms with Gasteiger partial charge in [-0.1, -0.05) is 12.2 Å². The molecule has 3 nitrogen and oxygen atoms in total. The number of hydrogen-bond donors (Lipinski definition) is 1. The van der Waals surface area contributed by atoms with Crippen LogP contribution >= 0.6 is 0 Å². The third-order valence-electron chi connectivity index (χ3n) is 0.869. The van der Waals surface area contributed by atoms with Crippen molar-refractivity contribution < 1.29 is 21.6 Å². The molecule has 0 rings (SSSR count). The van der Waals surface area contributed by atoms with E-state index in [-0.39, 0.29) is 0 Å². The Hall–Kier alpha value is -0.560. The Morgan fingerprint density at radius 1 is 1.50 bits per heavy atom. The molecule has 0 radical (unpaired) electrons. The summed E-state index contributed by atoms with van der Waals surface area (Å²) in [5.74, 6) is 0. The first kappa shape index (κ1) is 11.4. The zero-order valence-electron chi connectivity index (χ0n) is 6.27. The number of halogens is 3. The molecular formula is C5H8F3NO2S. The van der Waals surface area contributed by atoms with E-state index in [1.807, 2.05) is 0 Å². The molecule has 7 heteroatoms. The van der Waals surface area contributed by atoms with Crippen LogP contribution in [-0.4, -0.2) is 20.5 Å². The van der Waals surface area contributed by atoms with E-state index in [9.17, 15) is 21.6 Å². The van der Waals surface area contributed by atoms with E-state index in [0.29, 0.717) is 5.57 Å². The summed E-state index contributed by atoms with van der Waals surface area (Å²) < 4.78 is 56.7. The van der Waals surface area contributed by atoms with Gasteiger partial charge < -0.3 is 0 Å². The Bertz CT molecular complexity index is 267. The van der Waals surface area contributed by atoms with Gasteiger partial charge in [-0.3, -0.25) is 0 Å².